The second kappa shape index (κ2) is 8.24. The number of benzene rings is 2. The van der Waals surface area contributed by atoms with Gasteiger partial charge in [-0.2, -0.15) is 0 Å². The second-order valence-electron chi connectivity index (χ2n) is 8.07. The molecule has 168 valence electrons. The van der Waals surface area contributed by atoms with Crippen LogP contribution in [0.5, 0.6) is 0 Å². The fourth-order valence-electron chi connectivity index (χ4n) is 4.00. The molecule has 7 nitrogen and oxygen atoms in total. The highest BCUT2D eigenvalue weighted by Crippen LogP contribution is 2.39. The van der Waals surface area contributed by atoms with E-state index in [4.69, 9.17) is 10.7 Å². The summed E-state index contributed by atoms with van der Waals surface area (Å²) < 4.78 is 1.80. The van der Waals surface area contributed by atoms with E-state index in [0.29, 0.717) is 38.8 Å². The van der Waals surface area contributed by atoms with Gasteiger partial charge in [0.05, 0.1) is 27.4 Å². The van der Waals surface area contributed by atoms with Crippen molar-refractivity contribution < 1.29 is 9.72 Å². The van der Waals surface area contributed by atoms with Crippen LogP contribution in [-0.4, -0.2) is 20.1 Å². The Labute approximate surface area is 199 Å². The molecule has 0 aliphatic rings. The molecule has 0 radical (unpaired) electrons. The van der Waals surface area contributed by atoms with E-state index in [1.165, 1.54) is 23.5 Å². The van der Waals surface area contributed by atoms with Crippen molar-refractivity contribution in [1.82, 2.24) is 9.38 Å². The van der Waals surface area contributed by atoms with Crippen LogP contribution in [0.25, 0.3) is 27.3 Å². The number of non-ortho nitro benzene ring substituents is 1. The highest BCUT2D eigenvalue weighted by Gasteiger charge is 2.25. The average molecular weight is 469 g/mol. The molecule has 0 atom stereocenters. The molecule has 0 unspecified atom stereocenters. The third kappa shape index (κ3) is 3.54. The molecule has 0 amide bonds. The Bertz CT molecular complexity index is 1600. The first-order valence-electron chi connectivity index (χ1n) is 10.6. The first-order valence-corrected chi connectivity index (χ1v) is 11.4. The summed E-state index contributed by atoms with van der Waals surface area (Å²) in [6, 6.07) is 17.6. The number of carbonyl (C=O) groups excluding carboxylic acids is 1. The summed E-state index contributed by atoms with van der Waals surface area (Å²) in [7, 11) is 0. The number of hydrogen-bond acceptors (Lipinski definition) is 6. The van der Waals surface area contributed by atoms with Gasteiger partial charge >= 0.3 is 0 Å². The number of nitro groups is 1. The third-order valence-electron chi connectivity index (χ3n) is 5.94. The molecule has 2 aromatic carbocycles. The van der Waals surface area contributed by atoms with Crippen molar-refractivity contribution >= 4 is 34.0 Å². The van der Waals surface area contributed by atoms with Gasteiger partial charge in [0.15, 0.2) is 0 Å². The van der Waals surface area contributed by atoms with E-state index in [2.05, 4.69) is 0 Å². The predicted molar refractivity (Wildman–Crippen MR) is 134 cm³/mol. The quantitative estimate of drug-likeness (QED) is 0.192. The van der Waals surface area contributed by atoms with E-state index >= 15 is 0 Å². The summed E-state index contributed by atoms with van der Waals surface area (Å²) >= 11 is 1.38. The average Bonchev–Trinajstić information content (AvgIpc) is 3.42. The van der Waals surface area contributed by atoms with Gasteiger partial charge in [-0.1, -0.05) is 30.3 Å². The van der Waals surface area contributed by atoms with Crippen LogP contribution in [0.15, 0.2) is 72.2 Å². The predicted octanol–water partition coefficient (Wildman–Crippen LogP) is 6.07. The maximum Gasteiger partial charge on any atom is 0.270 e. The molecular formula is C26H20N4O3S. The van der Waals surface area contributed by atoms with Gasteiger partial charge in [0, 0.05) is 34.8 Å². The molecule has 0 aliphatic carbocycles. The van der Waals surface area contributed by atoms with Gasteiger partial charge in [0.1, 0.15) is 10.7 Å². The first kappa shape index (κ1) is 21.5. The van der Waals surface area contributed by atoms with E-state index in [0.717, 1.165) is 16.6 Å². The van der Waals surface area contributed by atoms with E-state index in [1.807, 2.05) is 61.8 Å². The van der Waals surface area contributed by atoms with Crippen LogP contribution >= 0.6 is 11.3 Å². The lowest BCUT2D eigenvalue weighted by atomic mass is 10.0. The van der Waals surface area contributed by atoms with E-state index in [-0.39, 0.29) is 11.5 Å². The number of anilines is 1. The standard InChI is InChI=1S/C26H20N4O3S/c1-15-9-10-18(12-16(15)2)25(31)24-23(27)22(21-8-3-4-11-29(21)24)26-28-20(14-34-26)17-6-5-7-19(13-17)30(32)33/h3-14H,27H2,1-2H3. The first-order chi connectivity index (χ1) is 16.3. The highest BCUT2D eigenvalue weighted by atomic mass is 32.1. The number of hydrogen-bond donors (Lipinski definition) is 1. The molecule has 0 fully saturated rings. The number of rotatable bonds is 5. The fourth-order valence-corrected chi connectivity index (χ4v) is 4.90. The van der Waals surface area contributed by atoms with Crippen LogP contribution in [0.4, 0.5) is 11.4 Å². The van der Waals surface area contributed by atoms with Crippen LogP contribution in [0.3, 0.4) is 0 Å². The summed E-state index contributed by atoms with van der Waals surface area (Å²) in [6.07, 6.45) is 1.82. The third-order valence-corrected chi connectivity index (χ3v) is 6.80. The molecule has 0 bridgehead atoms. The molecule has 34 heavy (non-hydrogen) atoms. The number of aromatic nitrogens is 2. The summed E-state index contributed by atoms with van der Waals surface area (Å²) in [5.41, 5.74) is 12.8. The van der Waals surface area contributed by atoms with Gasteiger partial charge in [-0.05, 0) is 43.2 Å². The van der Waals surface area contributed by atoms with E-state index in [9.17, 15) is 14.9 Å². The van der Waals surface area contributed by atoms with Crippen LogP contribution in [0, 0.1) is 24.0 Å². The number of fused-ring (bicyclic) bond motifs is 1. The Morgan fingerprint density at radius 3 is 2.65 bits per heavy atom. The number of nitrogen functional groups attached to an aromatic ring is 1. The molecular weight excluding hydrogens is 448 g/mol. The minimum absolute atomic E-state index is 0.00199. The zero-order chi connectivity index (χ0) is 24.0. The van der Waals surface area contributed by atoms with Crippen LogP contribution in [-0.2, 0) is 0 Å². The van der Waals surface area contributed by atoms with E-state index < -0.39 is 4.92 Å². The Morgan fingerprint density at radius 2 is 1.88 bits per heavy atom. The molecule has 5 aromatic rings. The minimum Gasteiger partial charge on any atom is -0.396 e. The lowest BCUT2D eigenvalue weighted by Crippen LogP contribution is -2.08. The maximum absolute atomic E-state index is 13.5. The van der Waals surface area contributed by atoms with Crippen LogP contribution in [0.2, 0.25) is 0 Å². The van der Waals surface area contributed by atoms with Gasteiger partial charge in [-0.3, -0.25) is 14.9 Å². The zero-order valence-corrected chi connectivity index (χ0v) is 19.3. The fraction of sp³-hybridized carbons (Fsp3) is 0.0769. The number of thiazole rings is 1. The summed E-state index contributed by atoms with van der Waals surface area (Å²) in [5.74, 6) is -0.163. The number of nitro benzene ring substituents is 1. The molecule has 2 N–H and O–H groups in total. The lowest BCUT2D eigenvalue weighted by Gasteiger charge is -2.06. The van der Waals surface area contributed by atoms with Crippen molar-refractivity contribution in [3.8, 4) is 21.8 Å². The normalized spacial score (nSPS) is 11.1. The molecule has 0 aliphatic heterocycles. The van der Waals surface area contributed by atoms with Gasteiger partial charge in [-0.25, -0.2) is 4.98 Å². The van der Waals surface area contributed by atoms with Crippen molar-refractivity contribution in [3.05, 3.63) is 105 Å². The molecule has 8 heteroatoms. The Hall–Kier alpha value is -4.30. The molecule has 3 aromatic heterocycles. The Balaban J connectivity index is 1.64. The lowest BCUT2D eigenvalue weighted by molar-refractivity contribution is -0.384. The number of nitrogens with two attached hydrogens (primary N) is 1. The highest BCUT2D eigenvalue weighted by molar-refractivity contribution is 7.13. The SMILES string of the molecule is Cc1ccc(C(=O)c2c(N)c(-c3nc(-c4cccc([N+](=O)[O-])c4)cs3)c3ccccn23)cc1C. The topological polar surface area (TPSA) is 104 Å². The Kier molecular flexibility index (Phi) is 5.22. The molecule has 5 rings (SSSR count). The smallest absolute Gasteiger partial charge is 0.270 e. The van der Waals surface area contributed by atoms with Crippen LogP contribution < -0.4 is 5.73 Å². The largest absolute Gasteiger partial charge is 0.396 e. The molecule has 0 saturated heterocycles. The van der Waals surface area contributed by atoms with Gasteiger partial charge < -0.3 is 10.1 Å². The zero-order valence-electron chi connectivity index (χ0n) is 18.5. The van der Waals surface area contributed by atoms with E-state index in [1.54, 1.807) is 16.5 Å². The van der Waals surface area contributed by atoms with Gasteiger partial charge in [-0.15, -0.1) is 11.3 Å². The number of carbonyl (C=O) groups is 1. The number of aryl methyl sites for hydroxylation is 2. The van der Waals surface area contributed by atoms with Crippen LogP contribution in [0.1, 0.15) is 27.2 Å². The van der Waals surface area contributed by atoms with Crippen molar-refractivity contribution in [3.63, 3.8) is 0 Å². The number of pyridine rings is 1. The van der Waals surface area contributed by atoms with Gasteiger partial charge in [0.25, 0.3) is 5.69 Å². The van der Waals surface area contributed by atoms with Crippen molar-refractivity contribution in [1.29, 1.82) is 0 Å². The van der Waals surface area contributed by atoms with Crippen molar-refractivity contribution in [2.45, 2.75) is 13.8 Å². The minimum atomic E-state index is -0.430. The summed E-state index contributed by atoms with van der Waals surface area (Å²) in [5, 5.41) is 13.6. The number of ketones is 1. The van der Waals surface area contributed by atoms with Crippen molar-refractivity contribution in [2.75, 3.05) is 5.73 Å². The van der Waals surface area contributed by atoms with Crippen molar-refractivity contribution in [2.24, 2.45) is 0 Å². The molecule has 3 heterocycles. The van der Waals surface area contributed by atoms with Gasteiger partial charge in [0.2, 0.25) is 5.78 Å². The summed E-state index contributed by atoms with van der Waals surface area (Å²) in [6.45, 7) is 3.98. The molecule has 0 saturated carbocycles. The molecule has 0 spiro atoms. The number of nitrogens with zero attached hydrogens (tertiary/aromatic N) is 3. The monoisotopic (exact) mass is 468 g/mol. The summed E-state index contributed by atoms with van der Waals surface area (Å²) in [4.78, 5) is 29.0. The Morgan fingerprint density at radius 1 is 1.06 bits per heavy atom. The maximum atomic E-state index is 13.5. The second-order valence-corrected chi connectivity index (χ2v) is 8.92.